The van der Waals surface area contributed by atoms with Crippen LogP contribution >= 0.6 is 15.9 Å². The second-order valence-corrected chi connectivity index (χ2v) is 6.29. The molecule has 0 saturated carbocycles. The summed E-state index contributed by atoms with van der Waals surface area (Å²) < 4.78 is 0.660. The number of halogens is 1. The van der Waals surface area contributed by atoms with Gasteiger partial charge in [0.2, 0.25) is 5.91 Å². The van der Waals surface area contributed by atoms with Gasteiger partial charge in [0.25, 0.3) is 11.8 Å². The monoisotopic (exact) mass is 382 g/mol. The first-order valence-electron chi connectivity index (χ1n) is 6.90. The molecule has 0 aliphatic carbocycles. The van der Waals surface area contributed by atoms with E-state index in [1.54, 1.807) is 13.0 Å². The maximum absolute atomic E-state index is 12.2. The van der Waals surface area contributed by atoms with Crippen molar-refractivity contribution in [1.29, 1.82) is 0 Å². The Bertz CT molecular complexity index is 703. The summed E-state index contributed by atoms with van der Waals surface area (Å²) in [6.45, 7) is 2.57. The predicted molar refractivity (Wildman–Crippen MR) is 83.9 cm³/mol. The number of fused-ring (bicyclic) bond motifs is 1. The summed E-state index contributed by atoms with van der Waals surface area (Å²) in [6.07, 6.45) is 0. The van der Waals surface area contributed by atoms with Gasteiger partial charge in [0.05, 0.1) is 17.0 Å². The molecular formula is C15H15BrN2O5. The van der Waals surface area contributed by atoms with Crippen LogP contribution in [-0.4, -0.2) is 46.3 Å². The summed E-state index contributed by atoms with van der Waals surface area (Å²) in [5.74, 6) is -3.48. The molecule has 122 valence electrons. The molecule has 0 saturated heterocycles. The lowest BCUT2D eigenvalue weighted by molar-refractivity contribution is -0.142. The predicted octanol–water partition coefficient (Wildman–Crippen LogP) is 1.27. The number of benzene rings is 1. The van der Waals surface area contributed by atoms with E-state index >= 15 is 0 Å². The summed E-state index contributed by atoms with van der Waals surface area (Å²) >= 11 is 3.23. The van der Waals surface area contributed by atoms with Crippen LogP contribution in [0.3, 0.4) is 0 Å². The number of aliphatic carboxylic acids is 1. The van der Waals surface area contributed by atoms with Gasteiger partial charge in [-0.2, -0.15) is 0 Å². The largest absolute Gasteiger partial charge is 0.481 e. The third-order valence-electron chi connectivity index (χ3n) is 3.76. The fourth-order valence-electron chi connectivity index (χ4n) is 2.19. The highest BCUT2D eigenvalue weighted by Crippen LogP contribution is 2.25. The smallest absolute Gasteiger partial charge is 0.308 e. The molecule has 2 N–H and O–H groups in total. The first kappa shape index (κ1) is 17.1. The number of rotatable bonds is 5. The van der Waals surface area contributed by atoms with Crippen LogP contribution in [0.5, 0.6) is 0 Å². The Morgan fingerprint density at radius 3 is 2.43 bits per heavy atom. The lowest BCUT2D eigenvalue weighted by Gasteiger charge is -2.20. The lowest BCUT2D eigenvalue weighted by Crippen LogP contribution is -2.46. The number of carboxylic acids is 1. The van der Waals surface area contributed by atoms with Crippen molar-refractivity contribution in [3.8, 4) is 0 Å². The lowest BCUT2D eigenvalue weighted by atomic mass is 10.0. The minimum Gasteiger partial charge on any atom is -0.481 e. The van der Waals surface area contributed by atoms with Gasteiger partial charge >= 0.3 is 5.97 Å². The SMILES string of the molecule is CC(NC(=O)CN1C(=O)c2ccc(Br)cc2C1=O)C(C)C(=O)O. The number of amides is 3. The summed E-state index contributed by atoms with van der Waals surface area (Å²) in [5.41, 5.74) is 0.488. The fraction of sp³-hybridized carbons (Fsp3) is 0.333. The van der Waals surface area contributed by atoms with Gasteiger partial charge in [-0.1, -0.05) is 15.9 Å². The van der Waals surface area contributed by atoms with E-state index in [1.807, 2.05) is 0 Å². The molecule has 2 atom stereocenters. The number of nitrogens with zero attached hydrogens (tertiary/aromatic N) is 1. The van der Waals surface area contributed by atoms with Crippen molar-refractivity contribution in [2.45, 2.75) is 19.9 Å². The van der Waals surface area contributed by atoms with Crippen LogP contribution in [0.4, 0.5) is 0 Å². The van der Waals surface area contributed by atoms with Gasteiger partial charge in [-0.15, -0.1) is 0 Å². The molecule has 2 unspecified atom stereocenters. The Labute approximate surface area is 140 Å². The van der Waals surface area contributed by atoms with Crippen molar-refractivity contribution < 1.29 is 24.3 Å². The average Bonchev–Trinajstić information content (AvgIpc) is 2.70. The Balaban J connectivity index is 2.07. The second kappa shape index (κ2) is 6.49. The minimum absolute atomic E-state index is 0.240. The molecule has 0 bridgehead atoms. The Hall–Kier alpha value is -2.22. The average molecular weight is 383 g/mol. The van der Waals surface area contributed by atoms with E-state index in [2.05, 4.69) is 21.2 Å². The molecule has 1 aliphatic heterocycles. The number of carbonyl (C=O) groups is 4. The standard InChI is InChI=1S/C15H15BrN2O5/c1-7(15(22)23)8(2)17-12(19)6-18-13(20)10-4-3-9(16)5-11(10)14(18)21/h3-5,7-8H,6H2,1-2H3,(H,17,19)(H,22,23). The summed E-state index contributed by atoms with van der Waals surface area (Å²) in [7, 11) is 0. The normalized spacial score (nSPS) is 16.0. The van der Waals surface area contributed by atoms with Crippen molar-refractivity contribution in [3.05, 3.63) is 33.8 Å². The van der Waals surface area contributed by atoms with Gasteiger partial charge in [-0.25, -0.2) is 0 Å². The quantitative estimate of drug-likeness (QED) is 0.746. The molecule has 8 heteroatoms. The van der Waals surface area contributed by atoms with Gasteiger partial charge in [0.1, 0.15) is 6.54 Å². The van der Waals surface area contributed by atoms with E-state index < -0.39 is 42.2 Å². The maximum Gasteiger partial charge on any atom is 0.308 e. The second-order valence-electron chi connectivity index (χ2n) is 5.37. The minimum atomic E-state index is -1.04. The number of nitrogens with one attached hydrogen (secondary N) is 1. The Morgan fingerprint density at radius 2 is 1.83 bits per heavy atom. The maximum atomic E-state index is 12.2. The van der Waals surface area contributed by atoms with Crippen LogP contribution < -0.4 is 5.32 Å². The molecule has 23 heavy (non-hydrogen) atoms. The first-order chi connectivity index (χ1) is 10.7. The Morgan fingerprint density at radius 1 is 1.22 bits per heavy atom. The van der Waals surface area contributed by atoms with Crippen molar-refractivity contribution >= 4 is 39.6 Å². The van der Waals surface area contributed by atoms with E-state index in [-0.39, 0.29) is 11.1 Å². The zero-order chi connectivity index (χ0) is 17.3. The summed E-state index contributed by atoms with van der Waals surface area (Å²) in [6, 6.07) is 4.07. The molecule has 7 nitrogen and oxygen atoms in total. The molecule has 1 aromatic rings. The zero-order valence-corrected chi connectivity index (χ0v) is 14.1. The molecule has 0 aromatic heterocycles. The van der Waals surface area contributed by atoms with Crippen LogP contribution in [0.2, 0.25) is 0 Å². The molecule has 2 rings (SSSR count). The summed E-state index contributed by atoms with van der Waals surface area (Å²) in [4.78, 5) is 48.1. The van der Waals surface area contributed by atoms with Crippen molar-refractivity contribution in [3.63, 3.8) is 0 Å². The highest BCUT2D eigenvalue weighted by molar-refractivity contribution is 9.10. The molecule has 0 fully saturated rings. The third-order valence-corrected chi connectivity index (χ3v) is 4.26. The topological polar surface area (TPSA) is 104 Å². The molecule has 1 heterocycles. The van der Waals surface area contributed by atoms with Crippen LogP contribution in [0.25, 0.3) is 0 Å². The zero-order valence-electron chi connectivity index (χ0n) is 12.5. The van der Waals surface area contributed by atoms with Gasteiger partial charge in [0.15, 0.2) is 0 Å². The fourth-order valence-corrected chi connectivity index (χ4v) is 2.55. The number of hydrogen-bond acceptors (Lipinski definition) is 4. The molecule has 0 spiro atoms. The molecule has 0 radical (unpaired) electrons. The van der Waals surface area contributed by atoms with E-state index in [4.69, 9.17) is 5.11 Å². The molecule has 1 aromatic carbocycles. The number of carboxylic acid groups (broad SMARTS) is 1. The van der Waals surface area contributed by atoms with E-state index in [9.17, 15) is 19.2 Å². The number of hydrogen-bond donors (Lipinski definition) is 2. The number of imide groups is 1. The van der Waals surface area contributed by atoms with E-state index in [0.717, 1.165) is 4.90 Å². The third kappa shape index (κ3) is 3.42. The Kier molecular flexibility index (Phi) is 4.84. The van der Waals surface area contributed by atoms with Gasteiger partial charge < -0.3 is 10.4 Å². The van der Waals surface area contributed by atoms with Crippen molar-refractivity contribution in [1.82, 2.24) is 10.2 Å². The summed E-state index contributed by atoms with van der Waals surface area (Å²) in [5, 5.41) is 11.4. The van der Waals surface area contributed by atoms with Crippen LogP contribution in [-0.2, 0) is 9.59 Å². The molecule has 3 amide bonds. The van der Waals surface area contributed by atoms with Gasteiger partial charge in [-0.05, 0) is 32.0 Å². The van der Waals surface area contributed by atoms with Crippen LogP contribution in [0.15, 0.2) is 22.7 Å². The van der Waals surface area contributed by atoms with Crippen molar-refractivity contribution in [2.75, 3.05) is 6.54 Å². The van der Waals surface area contributed by atoms with E-state index in [0.29, 0.717) is 4.47 Å². The number of carbonyl (C=O) groups excluding carboxylic acids is 3. The van der Waals surface area contributed by atoms with Gasteiger partial charge in [0, 0.05) is 10.5 Å². The highest BCUT2D eigenvalue weighted by atomic mass is 79.9. The van der Waals surface area contributed by atoms with Crippen LogP contribution in [0, 0.1) is 5.92 Å². The van der Waals surface area contributed by atoms with Crippen molar-refractivity contribution in [2.24, 2.45) is 5.92 Å². The van der Waals surface area contributed by atoms with E-state index in [1.165, 1.54) is 19.1 Å². The highest BCUT2D eigenvalue weighted by Gasteiger charge is 2.37. The molecule has 1 aliphatic rings. The van der Waals surface area contributed by atoms with Gasteiger partial charge in [-0.3, -0.25) is 24.1 Å². The van der Waals surface area contributed by atoms with Crippen LogP contribution in [0.1, 0.15) is 34.6 Å². The molecular weight excluding hydrogens is 368 g/mol. The first-order valence-corrected chi connectivity index (χ1v) is 7.69.